The smallest absolute Gasteiger partial charge is 0.0226 e. The summed E-state index contributed by atoms with van der Waals surface area (Å²) in [7, 11) is 0. The first kappa shape index (κ1) is 9.79. The van der Waals surface area contributed by atoms with Crippen LogP contribution in [0.2, 0.25) is 0 Å². The summed E-state index contributed by atoms with van der Waals surface area (Å²) in [6, 6.07) is 0.342. The van der Waals surface area contributed by atoms with E-state index >= 15 is 0 Å². The van der Waals surface area contributed by atoms with Crippen molar-refractivity contribution >= 4 is 0 Å². The van der Waals surface area contributed by atoms with Gasteiger partial charge in [0.15, 0.2) is 0 Å². The first-order valence-electron chi connectivity index (χ1n) is 5.24. The lowest BCUT2D eigenvalue weighted by Gasteiger charge is -2.23. The summed E-state index contributed by atoms with van der Waals surface area (Å²) in [4.78, 5) is 0. The molecule has 1 nitrogen and oxygen atoms in total. The van der Waals surface area contributed by atoms with Gasteiger partial charge in [0.2, 0.25) is 0 Å². The molecular formula is C11H21N. The Morgan fingerprint density at radius 3 is 2.67 bits per heavy atom. The van der Waals surface area contributed by atoms with Crippen molar-refractivity contribution in [2.45, 2.75) is 52.0 Å². The van der Waals surface area contributed by atoms with Gasteiger partial charge in [-0.05, 0) is 38.0 Å². The lowest BCUT2D eigenvalue weighted by molar-refractivity contribution is 0.505. The zero-order valence-electron chi connectivity index (χ0n) is 8.34. The van der Waals surface area contributed by atoms with Crippen LogP contribution < -0.4 is 5.73 Å². The molecule has 0 saturated carbocycles. The minimum absolute atomic E-state index is 0.342. The average Bonchev–Trinajstić information content (AvgIpc) is 2.07. The van der Waals surface area contributed by atoms with Crippen molar-refractivity contribution in [2.75, 3.05) is 0 Å². The Morgan fingerprint density at radius 2 is 2.17 bits per heavy atom. The molecule has 1 aliphatic carbocycles. The van der Waals surface area contributed by atoms with Gasteiger partial charge >= 0.3 is 0 Å². The van der Waals surface area contributed by atoms with Crippen molar-refractivity contribution in [1.29, 1.82) is 0 Å². The summed E-state index contributed by atoms with van der Waals surface area (Å²) in [6.45, 7) is 4.55. The quantitative estimate of drug-likeness (QED) is 0.643. The summed E-state index contributed by atoms with van der Waals surface area (Å²) in [6.07, 6.45) is 8.62. The van der Waals surface area contributed by atoms with Crippen molar-refractivity contribution in [3.8, 4) is 0 Å². The van der Waals surface area contributed by atoms with E-state index in [9.17, 15) is 0 Å². The van der Waals surface area contributed by atoms with E-state index in [1.54, 1.807) is 5.57 Å². The van der Waals surface area contributed by atoms with Crippen LogP contribution >= 0.6 is 0 Å². The Labute approximate surface area is 76.0 Å². The molecule has 0 spiro atoms. The molecule has 70 valence electrons. The molecule has 2 N–H and O–H groups in total. The average molecular weight is 167 g/mol. The first-order valence-corrected chi connectivity index (χ1v) is 5.24. The molecule has 1 atom stereocenters. The van der Waals surface area contributed by atoms with Gasteiger partial charge < -0.3 is 5.73 Å². The molecule has 0 saturated heterocycles. The number of hydrogen-bond donors (Lipinski definition) is 1. The van der Waals surface area contributed by atoms with Crippen LogP contribution in [0.15, 0.2) is 11.6 Å². The second-order valence-corrected chi connectivity index (χ2v) is 3.81. The van der Waals surface area contributed by atoms with Crippen LogP contribution in [0, 0.1) is 5.92 Å². The number of rotatable bonds is 3. The lowest BCUT2D eigenvalue weighted by Crippen LogP contribution is -2.22. The van der Waals surface area contributed by atoms with E-state index in [2.05, 4.69) is 19.9 Å². The molecule has 1 rings (SSSR count). The predicted octanol–water partition coefficient (Wildman–Crippen LogP) is 2.86. The highest BCUT2D eigenvalue weighted by Crippen LogP contribution is 2.27. The van der Waals surface area contributed by atoms with E-state index in [1.165, 1.54) is 32.1 Å². The maximum Gasteiger partial charge on any atom is 0.0226 e. The Morgan fingerprint density at radius 1 is 1.50 bits per heavy atom. The lowest BCUT2D eigenvalue weighted by atomic mass is 9.85. The molecule has 0 aromatic heterocycles. The fourth-order valence-electron chi connectivity index (χ4n) is 2.14. The monoisotopic (exact) mass is 167 g/mol. The van der Waals surface area contributed by atoms with Gasteiger partial charge in [-0.15, -0.1) is 0 Å². The molecule has 1 aliphatic rings. The highest BCUT2D eigenvalue weighted by Gasteiger charge is 2.15. The maximum atomic E-state index is 5.90. The van der Waals surface area contributed by atoms with Crippen LogP contribution in [-0.4, -0.2) is 6.04 Å². The SMILES string of the molecule is CCC(CC)C1=CC(N)CCC1. The second-order valence-electron chi connectivity index (χ2n) is 3.81. The molecular weight excluding hydrogens is 146 g/mol. The summed E-state index contributed by atoms with van der Waals surface area (Å²) < 4.78 is 0. The molecule has 12 heavy (non-hydrogen) atoms. The minimum atomic E-state index is 0.342. The van der Waals surface area contributed by atoms with E-state index in [0.717, 1.165) is 5.92 Å². The van der Waals surface area contributed by atoms with E-state index in [1.807, 2.05) is 0 Å². The Kier molecular flexibility index (Phi) is 3.80. The normalized spacial score (nSPS) is 24.3. The topological polar surface area (TPSA) is 26.0 Å². The van der Waals surface area contributed by atoms with Gasteiger partial charge in [-0.3, -0.25) is 0 Å². The van der Waals surface area contributed by atoms with Crippen molar-refractivity contribution in [3.63, 3.8) is 0 Å². The van der Waals surface area contributed by atoms with Gasteiger partial charge in [0.1, 0.15) is 0 Å². The van der Waals surface area contributed by atoms with Gasteiger partial charge in [-0.25, -0.2) is 0 Å². The zero-order valence-corrected chi connectivity index (χ0v) is 8.34. The Bertz CT molecular complexity index is 156. The third kappa shape index (κ3) is 2.34. The van der Waals surface area contributed by atoms with Gasteiger partial charge in [-0.2, -0.15) is 0 Å². The fourth-order valence-corrected chi connectivity index (χ4v) is 2.14. The van der Waals surface area contributed by atoms with Crippen molar-refractivity contribution in [2.24, 2.45) is 11.7 Å². The number of hydrogen-bond acceptors (Lipinski definition) is 1. The van der Waals surface area contributed by atoms with Crippen LogP contribution in [0.5, 0.6) is 0 Å². The van der Waals surface area contributed by atoms with Gasteiger partial charge in [0.05, 0.1) is 0 Å². The summed E-state index contributed by atoms with van der Waals surface area (Å²) in [5.41, 5.74) is 7.52. The fraction of sp³-hybridized carbons (Fsp3) is 0.818. The third-order valence-electron chi connectivity index (χ3n) is 2.94. The first-order chi connectivity index (χ1) is 5.77. The highest BCUT2D eigenvalue weighted by molar-refractivity contribution is 5.13. The van der Waals surface area contributed by atoms with Crippen molar-refractivity contribution in [3.05, 3.63) is 11.6 Å². The van der Waals surface area contributed by atoms with Gasteiger partial charge in [-0.1, -0.05) is 25.5 Å². The molecule has 0 bridgehead atoms. The number of nitrogens with two attached hydrogens (primary N) is 1. The molecule has 1 heteroatoms. The molecule has 0 aromatic carbocycles. The predicted molar refractivity (Wildman–Crippen MR) is 54.0 cm³/mol. The van der Waals surface area contributed by atoms with Crippen LogP contribution in [0.25, 0.3) is 0 Å². The van der Waals surface area contributed by atoms with Crippen LogP contribution in [0.4, 0.5) is 0 Å². The van der Waals surface area contributed by atoms with Crippen LogP contribution in [0.1, 0.15) is 46.0 Å². The van der Waals surface area contributed by atoms with E-state index in [-0.39, 0.29) is 0 Å². The Balaban J connectivity index is 2.58. The van der Waals surface area contributed by atoms with E-state index in [4.69, 9.17) is 5.73 Å². The Hall–Kier alpha value is -0.300. The molecule has 1 unspecified atom stereocenters. The van der Waals surface area contributed by atoms with Crippen LogP contribution in [0.3, 0.4) is 0 Å². The van der Waals surface area contributed by atoms with Gasteiger partial charge in [0.25, 0.3) is 0 Å². The molecule has 0 aliphatic heterocycles. The van der Waals surface area contributed by atoms with Crippen molar-refractivity contribution < 1.29 is 0 Å². The standard InChI is InChI=1S/C11H21N/c1-3-9(4-2)10-6-5-7-11(12)8-10/h8-9,11H,3-7,12H2,1-2H3. The summed E-state index contributed by atoms with van der Waals surface area (Å²) in [5.74, 6) is 0.802. The molecule has 0 heterocycles. The highest BCUT2D eigenvalue weighted by atomic mass is 14.6. The third-order valence-corrected chi connectivity index (χ3v) is 2.94. The van der Waals surface area contributed by atoms with Crippen molar-refractivity contribution in [1.82, 2.24) is 0 Å². The zero-order chi connectivity index (χ0) is 8.97. The molecule has 0 amide bonds. The largest absolute Gasteiger partial charge is 0.324 e. The summed E-state index contributed by atoms with van der Waals surface area (Å²) in [5, 5.41) is 0. The molecule has 0 radical (unpaired) electrons. The van der Waals surface area contributed by atoms with E-state index in [0.29, 0.717) is 6.04 Å². The van der Waals surface area contributed by atoms with Crippen LogP contribution in [-0.2, 0) is 0 Å². The molecule has 0 fully saturated rings. The second kappa shape index (κ2) is 4.66. The minimum Gasteiger partial charge on any atom is -0.324 e. The number of allylic oxidation sites excluding steroid dienone is 1. The van der Waals surface area contributed by atoms with E-state index < -0.39 is 0 Å². The molecule has 0 aromatic rings. The van der Waals surface area contributed by atoms with Gasteiger partial charge in [0, 0.05) is 6.04 Å². The summed E-state index contributed by atoms with van der Waals surface area (Å²) >= 11 is 0. The maximum absolute atomic E-state index is 5.90.